The van der Waals surface area contributed by atoms with Crippen molar-refractivity contribution in [3.63, 3.8) is 0 Å². The van der Waals surface area contributed by atoms with Gasteiger partial charge in [-0.15, -0.1) is 0 Å². The summed E-state index contributed by atoms with van der Waals surface area (Å²) >= 11 is 0.670. The molecule has 9 heteroatoms. The quantitative estimate of drug-likeness (QED) is 0.571. The Morgan fingerprint density at radius 2 is 1.84 bits per heavy atom. The summed E-state index contributed by atoms with van der Waals surface area (Å²) < 4.78 is 32.5. The van der Waals surface area contributed by atoms with Gasteiger partial charge in [0.2, 0.25) is 5.91 Å². The molecule has 0 aliphatic carbocycles. The summed E-state index contributed by atoms with van der Waals surface area (Å²) in [6.45, 7) is -0.429. The van der Waals surface area contributed by atoms with E-state index in [1.807, 2.05) is 0 Å². The predicted octanol–water partition coefficient (Wildman–Crippen LogP) is 4.90. The zero-order valence-electron chi connectivity index (χ0n) is 15.8. The molecule has 0 spiro atoms. The number of benzene rings is 2. The molecule has 3 aromatic rings. The van der Waals surface area contributed by atoms with E-state index in [0.29, 0.717) is 17.4 Å². The fraction of sp³-hybridized carbons (Fsp3) is 0.0455. The molecule has 4 rings (SSSR count). The van der Waals surface area contributed by atoms with Crippen molar-refractivity contribution < 1.29 is 27.6 Å². The van der Waals surface area contributed by atoms with Gasteiger partial charge in [0.25, 0.3) is 11.1 Å². The molecule has 1 aromatic heterocycles. The first-order valence-electron chi connectivity index (χ1n) is 9.06. The first-order chi connectivity index (χ1) is 14.9. The number of rotatable bonds is 5. The second-order valence-corrected chi connectivity index (χ2v) is 7.50. The van der Waals surface area contributed by atoms with Crippen molar-refractivity contribution in [2.24, 2.45) is 0 Å². The van der Waals surface area contributed by atoms with E-state index in [1.165, 1.54) is 24.3 Å². The van der Waals surface area contributed by atoms with E-state index in [1.54, 1.807) is 30.3 Å². The lowest BCUT2D eigenvalue weighted by Crippen LogP contribution is -2.36. The number of furan rings is 1. The van der Waals surface area contributed by atoms with Crippen LogP contribution in [0.25, 0.3) is 17.4 Å². The molecule has 0 radical (unpaired) electrons. The lowest BCUT2D eigenvalue weighted by atomic mass is 10.1. The number of anilines is 1. The molecule has 1 fully saturated rings. The molecule has 0 unspecified atom stereocenters. The number of hydrogen-bond donors (Lipinski definition) is 1. The van der Waals surface area contributed by atoms with Crippen molar-refractivity contribution in [1.82, 2.24) is 4.90 Å². The van der Waals surface area contributed by atoms with Crippen LogP contribution in [0.5, 0.6) is 0 Å². The van der Waals surface area contributed by atoms with Gasteiger partial charge in [-0.2, -0.15) is 0 Å². The van der Waals surface area contributed by atoms with Crippen molar-refractivity contribution in [2.45, 2.75) is 0 Å². The first-order valence-corrected chi connectivity index (χ1v) is 9.88. The van der Waals surface area contributed by atoms with E-state index >= 15 is 0 Å². The highest BCUT2D eigenvalue weighted by Gasteiger charge is 2.36. The third kappa shape index (κ3) is 4.56. The number of hydrogen-bond acceptors (Lipinski definition) is 5. The number of carbonyl (C=O) groups is 3. The number of halogens is 2. The SMILES string of the molecule is O=C(CN1C(=O)S/C(=C/c2ccc(-c3ccc(F)cc3F)o2)C1=O)Nc1ccccc1. The Bertz CT molecular complexity index is 1210. The average Bonchev–Trinajstić information content (AvgIpc) is 3.29. The summed E-state index contributed by atoms with van der Waals surface area (Å²) in [7, 11) is 0. The van der Waals surface area contributed by atoms with Gasteiger partial charge in [-0.25, -0.2) is 8.78 Å². The van der Waals surface area contributed by atoms with Gasteiger partial charge < -0.3 is 9.73 Å². The fourth-order valence-electron chi connectivity index (χ4n) is 2.90. The maximum atomic E-state index is 13.9. The van der Waals surface area contributed by atoms with Gasteiger partial charge in [-0.1, -0.05) is 18.2 Å². The van der Waals surface area contributed by atoms with E-state index in [0.717, 1.165) is 17.0 Å². The van der Waals surface area contributed by atoms with Crippen LogP contribution in [0, 0.1) is 11.6 Å². The molecule has 156 valence electrons. The van der Waals surface area contributed by atoms with Crippen LogP contribution < -0.4 is 5.32 Å². The van der Waals surface area contributed by atoms with Crippen LogP contribution in [0.2, 0.25) is 0 Å². The minimum atomic E-state index is -0.786. The van der Waals surface area contributed by atoms with Crippen LogP contribution in [0.3, 0.4) is 0 Å². The average molecular weight is 440 g/mol. The summed E-state index contributed by atoms with van der Waals surface area (Å²) in [5.41, 5.74) is 0.609. The van der Waals surface area contributed by atoms with Crippen molar-refractivity contribution in [2.75, 3.05) is 11.9 Å². The Hall–Kier alpha value is -3.72. The standard InChI is InChI=1S/C22H14F2N2O4S/c23-13-6-8-16(17(24)10-13)18-9-7-15(30-18)11-19-21(28)26(22(29)31-19)12-20(27)25-14-4-2-1-3-5-14/h1-11H,12H2,(H,25,27)/b19-11+. The smallest absolute Gasteiger partial charge is 0.294 e. The largest absolute Gasteiger partial charge is 0.457 e. The molecule has 3 amide bonds. The van der Waals surface area contributed by atoms with Gasteiger partial charge >= 0.3 is 0 Å². The number of imide groups is 1. The fourth-order valence-corrected chi connectivity index (χ4v) is 3.71. The second kappa shape index (κ2) is 8.57. The monoisotopic (exact) mass is 440 g/mol. The van der Waals surface area contributed by atoms with Crippen LogP contribution in [-0.4, -0.2) is 28.5 Å². The van der Waals surface area contributed by atoms with Crippen LogP contribution >= 0.6 is 11.8 Å². The molecule has 0 atom stereocenters. The molecule has 1 aliphatic rings. The molecular formula is C22H14F2N2O4S. The Morgan fingerprint density at radius 1 is 1.06 bits per heavy atom. The molecule has 2 aromatic carbocycles. The van der Waals surface area contributed by atoms with Gasteiger partial charge in [-0.05, 0) is 48.2 Å². The van der Waals surface area contributed by atoms with E-state index < -0.39 is 35.2 Å². The number of nitrogens with zero attached hydrogens (tertiary/aromatic N) is 1. The third-order valence-corrected chi connectivity index (χ3v) is 5.24. The highest BCUT2D eigenvalue weighted by molar-refractivity contribution is 8.18. The van der Waals surface area contributed by atoms with Gasteiger partial charge in [-0.3, -0.25) is 19.3 Å². The molecule has 1 saturated heterocycles. The normalized spacial score (nSPS) is 15.0. The summed E-state index contributed by atoms with van der Waals surface area (Å²) in [4.78, 5) is 37.9. The van der Waals surface area contributed by atoms with E-state index in [-0.39, 0.29) is 22.0 Å². The molecule has 0 bridgehead atoms. The number of amides is 3. The van der Waals surface area contributed by atoms with Gasteiger partial charge in [0, 0.05) is 17.8 Å². The van der Waals surface area contributed by atoms with E-state index in [9.17, 15) is 23.2 Å². The summed E-state index contributed by atoms with van der Waals surface area (Å²) in [5, 5.41) is 2.02. The van der Waals surface area contributed by atoms with E-state index in [2.05, 4.69) is 5.32 Å². The van der Waals surface area contributed by atoms with Gasteiger partial charge in [0.05, 0.1) is 10.5 Å². The molecule has 0 saturated carbocycles. The molecular weight excluding hydrogens is 426 g/mol. The zero-order valence-corrected chi connectivity index (χ0v) is 16.6. The molecule has 31 heavy (non-hydrogen) atoms. The Morgan fingerprint density at radius 3 is 2.58 bits per heavy atom. The minimum absolute atomic E-state index is 0.0618. The molecule has 6 nitrogen and oxygen atoms in total. The summed E-state index contributed by atoms with van der Waals surface area (Å²) in [5.74, 6) is -2.29. The van der Waals surface area contributed by atoms with Crippen molar-refractivity contribution in [1.29, 1.82) is 0 Å². The van der Waals surface area contributed by atoms with Crippen LogP contribution in [0.15, 0.2) is 70.0 Å². The van der Waals surface area contributed by atoms with E-state index in [4.69, 9.17) is 4.42 Å². The number of para-hydroxylation sites is 1. The Labute approximate surface area is 179 Å². The minimum Gasteiger partial charge on any atom is -0.457 e. The molecule has 1 aliphatic heterocycles. The van der Waals surface area contributed by atoms with Crippen LogP contribution in [0.1, 0.15) is 5.76 Å². The zero-order chi connectivity index (χ0) is 22.0. The summed E-state index contributed by atoms with van der Waals surface area (Å²) in [6.07, 6.45) is 1.34. The van der Waals surface area contributed by atoms with Crippen LogP contribution in [0.4, 0.5) is 19.3 Å². The lowest BCUT2D eigenvalue weighted by molar-refractivity contribution is -0.127. The van der Waals surface area contributed by atoms with Crippen molar-refractivity contribution in [3.8, 4) is 11.3 Å². The maximum Gasteiger partial charge on any atom is 0.294 e. The summed E-state index contributed by atoms with van der Waals surface area (Å²) in [6, 6.07) is 14.7. The predicted molar refractivity (Wildman–Crippen MR) is 112 cm³/mol. The lowest BCUT2D eigenvalue weighted by Gasteiger charge is -2.12. The third-order valence-electron chi connectivity index (χ3n) is 4.33. The maximum absolute atomic E-state index is 13.9. The van der Waals surface area contributed by atoms with Crippen LogP contribution in [-0.2, 0) is 9.59 Å². The Kier molecular flexibility index (Phi) is 5.68. The number of thioether (sulfide) groups is 1. The molecule has 1 N–H and O–H groups in total. The molecule has 2 heterocycles. The highest BCUT2D eigenvalue weighted by atomic mass is 32.2. The van der Waals surface area contributed by atoms with Crippen molar-refractivity contribution >= 4 is 40.6 Å². The first kappa shape index (κ1) is 20.5. The van der Waals surface area contributed by atoms with Crippen molar-refractivity contribution in [3.05, 3.63) is 83.0 Å². The number of nitrogens with one attached hydrogen (secondary N) is 1. The highest BCUT2D eigenvalue weighted by Crippen LogP contribution is 2.33. The Balaban J connectivity index is 1.47. The number of carbonyl (C=O) groups excluding carboxylic acids is 3. The topological polar surface area (TPSA) is 79.6 Å². The van der Waals surface area contributed by atoms with Gasteiger partial charge in [0.1, 0.15) is 29.7 Å². The second-order valence-electron chi connectivity index (χ2n) is 6.51. The van der Waals surface area contributed by atoms with Gasteiger partial charge in [0.15, 0.2) is 0 Å².